The third kappa shape index (κ3) is 3.07. The number of carboxylic acid groups (broad SMARTS) is 1. The predicted octanol–water partition coefficient (Wildman–Crippen LogP) is 4.40. The van der Waals surface area contributed by atoms with Gasteiger partial charge in [-0.15, -0.1) is 0 Å². The lowest BCUT2D eigenvalue weighted by atomic mass is 9.82. The molecule has 0 radical (unpaired) electrons. The van der Waals surface area contributed by atoms with Gasteiger partial charge in [-0.3, -0.25) is 0 Å². The van der Waals surface area contributed by atoms with Crippen molar-refractivity contribution in [2.45, 2.75) is 5.92 Å². The maximum atomic E-state index is 12.1. The van der Waals surface area contributed by atoms with Crippen LogP contribution in [0.5, 0.6) is 17.2 Å². The van der Waals surface area contributed by atoms with Crippen molar-refractivity contribution in [1.82, 2.24) is 0 Å². The largest absolute Gasteiger partial charge is 0.493 e. The summed E-state index contributed by atoms with van der Waals surface area (Å²) in [5, 5.41) is 11.7. The monoisotopic (exact) mass is 455 g/mol. The molecule has 3 N–H and O–H groups in total. The molecule has 1 aliphatic rings. The third-order valence-electron chi connectivity index (χ3n) is 5.01. The summed E-state index contributed by atoms with van der Waals surface area (Å²) in [5.74, 6) is -0.349. The maximum Gasteiger partial charge on any atom is 0.337 e. The molecule has 1 unspecified atom stereocenters. The molecule has 6 nitrogen and oxygen atoms in total. The minimum atomic E-state index is -1.14. The number of nitrogens with two attached hydrogens (primary N) is 1. The van der Waals surface area contributed by atoms with Crippen molar-refractivity contribution in [2.24, 2.45) is 5.73 Å². The van der Waals surface area contributed by atoms with Gasteiger partial charge in [0.15, 0.2) is 11.5 Å². The number of hydrogen-bond donors (Lipinski definition) is 2. The van der Waals surface area contributed by atoms with E-state index in [9.17, 15) is 9.90 Å². The van der Waals surface area contributed by atoms with Crippen LogP contribution in [-0.2, 0) is 4.79 Å². The minimum Gasteiger partial charge on any atom is -0.493 e. The average Bonchev–Trinajstić information content (AvgIpc) is 2.71. The Labute approximate surface area is 175 Å². The zero-order valence-electron chi connectivity index (χ0n) is 15.7. The van der Waals surface area contributed by atoms with E-state index in [-0.39, 0.29) is 11.5 Å². The fourth-order valence-electron chi connectivity index (χ4n) is 3.74. The zero-order valence-corrected chi connectivity index (χ0v) is 17.3. The Bertz CT molecular complexity index is 1170. The van der Waals surface area contributed by atoms with E-state index >= 15 is 0 Å². The summed E-state index contributed by atoms with van der Waals surface area (Å²) in [6, 6.07) is 15.1. The van der Waals surface area contributed by atoms with E-state index in [0.717, 1.165) is 16.3 Å². The van der Waals surface area contributed by atoms with Crippen molar-refractivity contribution in [3.05, 3.63) is 75.6 Å². The summed E-state index contributed by atoms with van der Waals surface area (Å²) in [7, 11) is 3.07. The van der Waals surface area contributed by atoms with Crippen molar-refractivity contribution in [2.75, 3.05) is 14.2 Å². The summed E-state index contributed by atoms with van der Waals surface area (Å²) in [5.41, 5.74) is 7.47. The van der Waals surface area contributed by atoms with Crippen molar-refractivity contribution >= 4 is 32.7 Å². The zero-order chi connectivity index (χ0) is 20.7. The lowest BCUT2D eigenvalue weighted by Gasteiger charge is -2.29. The summed E-state index contributed by atoms with van der Waals surface area (Å²) < 4.78 is 17.3. The maximum absolute atomic E-state index is 12.1. The first-order valence-electron chi connectivity index (χ1n) is 8.80. The Balaban J connectivity index is 2.02. The second kappa shape index (κ2) is 7.33. The molecule has 29 heavy (non-hydrogen) atoms. The molecule has 4 rings (SSSR count). The number of carbonyl (C=O) groups is 1. The number of rotatable bonds is 4. The van der Waals surface area contributed by atoms with Gasteiger partial charge in [-0.25, -0.2) is 4.79 Å². The van der Waals surface area contributed by atoms with Gasteiger partial charge in [0.1, 0.15) is 11.3 Å². The van der Waals surface area contributed by atoms with E-state index in [1.165, 1.54) is 7.11 Å². The van der Waals surface area contributed by atoms with Crippen LogP contribution in [0.2, 0.25) is 0 Å². The van der Waals surface area contributed by atoms with Gasteiger partial charge in [0, 0.05) is 10.9 Å². The van der Waals surface area contributed by atoms with E-state index in [4.69, 9.17) is 19.9 Å². The van der Waals surface area contributed by atoms with E-state index in [1.54, 1.807) is 13.2 Å². The van der Waals surface area contributed by atoms with Gasteiger partial charge < -0.3 is 25.1 Å². The Morgan fingerprint density at radius 1 is 1.14 bits per heavy atom. The third-order valence-corrected chi connectivity index (χ3v) is 5.60. The van der Waals surface area contributed by atoms with Crippen LogP contribution in [0, 0.1) is 0 Å². The minimum absolute atomic E-state index is 0.0214. The first kappa shape index (κ1) is 19.1. The van der Waals surface area contributed by atoms with Gasteiger partial charge >= 0.3 is 5.97 Å². The number of carboxylic acids is 1. The Kier molecular flexibility index (Phi) is 4.84. The molecule has 0 spiro atoms. The van der Waals surface area contributed by atoms with Gasteiger partial charge in [0.05, 0.1) is 24.6 Å². The fraction of sp³-hybridized carbons (Fsp3) is 0.136. The molecule has 7 heteroatoms. The van der Waals surface area contributed by atoms with Crippen LogP contribution in [0.4, 0.5) is 0 Å². The highest BCUT2D eigenvalue weighted by Crippen LogP contribution is 2.48. The Morgan fingerprint density at radius 2 is 1.90 bits per heavy atom. The van der Waals surface area contributed by atoms with Gasteiger partial charge in [-0.2, -0.15) is 0 Å². The first-order chi connectivity index (χ1) is 14.0. The predicted molar refractivity (Wildman–Crippen MR) is 113 cm³/mol. The van der Waals surface area contributed by atoms with Crippen molar-refractivity contribution < 1.29 is 24.1 Å². The normalized spacial score (nSPS) is 15.6. The standard InChI is InChI=1S/C22H18BrNO5/c1-27-16-10-12(9-15(23)20(16)28-2)17-14-8-7-11-5-3-4-6-13(11)19(14)29-21(24)18(17)22(25)26/h3-10,17H,24H2,1-2H3,(H,25,26). The van der Waals surface area contributed by atoms with Gasteiger partial charge in [-0.1, -0.05) is 36.4 Å². The van der Waals surface area contributed by atoms with Gasteiger partial charge in [0.25, 0.3) is 0 Å². The first-order valence-corrected chi connectivity index (χ1v) is 9.59. The number of benzene rings is 3. The molecule has 0 bridgehead atoms. The molecule has 0 amide bonds. The van der Waals surface area contributed by atoms with Crippen molar-refractivity contribution in [3.8, 4) is 17.2 Å². The second-order valence-electron chi connectivity index (χ2n) is 6.56. The summed E-state index contributed by atoms with van der Waals surface area (Å²) in [6.07, 6.45) is 0. The van der Waals surface area contributed by atoms with Crippen LogP contribution in [-0.4, -0.2) is 25.3 Å². The van der Waals surface area contributed by atoms with Crippen LogP contribution in [0.25, 0.3) is 10.8 Å². The van der Waals surface area contributed by atoms with E-state index < -0.39 is 11.9 Å². The Hall–Kier alpha value is -3.19. The van der Waals surface area contributed by atoms with Gasteiger partial charge in [-0.05, 0) is 39.0 Å². The molecular weight excluding hydrogens is 438 g/mol. The van der Waals surface area contributed by atoms with Crippen LogP contribution >= 0.6 is 15.9 Å². The number of fused-ring (bicyclic) bond motifs is 3. The fourth-order valence-corrected chi connectivity index (χ4v) is 4.37. The molecule has 0 saturated heterocycles. The van der Waals surface area contributed by atoms with E-state index in [1.807, 2.05) is 42.5 Å². The van der Waals surface area contributed by atoms with Crippen molar-refractivity contribution in [3.63, 3.8) is 0 Å². The molecule has 1 aliphatic heterocycles. The molecule has 0 saturated carbocycles. The van der Waals surface area contributed by atoms with Crippen LogP contribution in [0.3, 0.4) is 0 Å². The van der Waals surface area contributed by atoms with Gasteiger partial charge in [0.2, 0.25) is 5.88 Å². The summed E-state index contributed by atoms with van der Waals surface area (Å²) >= 11 is 3.49. The van der Waals surface area contributed by atoms with Crippen LogP contribution < -0.4 is 19.9 Å². The van der Waals surface area contributed by atoms with Crippen LogP contribution in [0.15, 0.2) is 64.5 Å². The van der Waals surface area contributed by atoms with E-state index in [0.29, 0.717) is 27.3 Å². The summed E-state index contributed by atoms with van der Waals surface area (Å²) in [6.45, 7) is 0. The van der Waals surface area contributed by atoms with E-state index in [2.05, 4.69) is 15.9 Å². The van der Waals surface area contributed by atoms with Crippen LogP contribution in [0.1, 0.15) is 17.0 Å². The Morgan fingerprint density at radius 3 is 2.59 bits per heavy atom. The number of ether oxygens (including phenoxy) is 3. The highest BCUT2D eigenvalue weighted by molar-refractivity contribution is 9.10. The topological polar surface area (TPSA) is 91.0 Å². The lowest BCUT2D eigenvalue weighted by molar-refractivity contribution is -0.133. The quantitative estimate of drug-likeness (QED) is 0.605. The molecule has 1 heterocycles. The molecule has 3 aromatic rings. The highest BCUT2D eigenvalue weighted by atomic mass is 79.9. The lowest BCUT2D eigenvalue weighted by Crippen LogP contribution is -2.26. The molecule has 148 valence electrons. The second-order valence-corrected chi connectivity index (χ2v) is 7.42. The highest BCUT2D eigenvalue weighted by Gasteiger charge is 2.36. The number of aliphatic carboxylic acids is 1. The average molecular weight is 456 g/mol. The molecule has 3 aromatic carbocycles. The molecule has 0 fully saturated rings. The SMILES string of the molecule is COc1cc(C2C(C(=O)O)=C(N)Oc3c2ccc2ccccc32)cc(Br)c1OC. The number of methoxy groups -OCH3 is 2. The van der Waals surface area contributed by atoms with Crippen molar-refractivity contribution in [1.29, 1.82) is 0 Å². The molecule has 0 aromatic heterocycles. The molecule has 0 aliphatic carbocycles. The molecule has 1 atom stereocenters. The number of halogens is 1. The smallest absolute Gasteiger partial charge is 0.337 e. The number of hydrogen-bond acceptors (Lipinski definition) is 5. The summed E-state index contributed by atoms with van der Waals surface area (Å²) in [4.78, 5) is 12.1. The molecular formula is C22H18BrNO5.